The van der Waals surface area contributed by atoms with Crippen molar-refractivity contribution in [2.24, 2.45) is 0 Å². The van der Waals surface area contributed by atoms with Gasteiger partial charge in [0.25, 0.3) is 0 Å². The lowest BCUT2D eigenvalue weighted by atomic mass is 10.2. The highest BCUT2D eigenvalue weighted by Gasteiger charge is 2.08. The van der Waals surface area contributed by atoms with E-state index in [1.165, 1.54) is 11.3 Å². The van der Waals surface area contributed by atoms with Crippen LogP contribution in [0.5, 0.6) is 0 Å². The van der Waals surface area contributed by atoms with Gasteiger partial charge in [-0.15, -0.1) is 11.3 Å². The molecular formula is C11H15NO3S. The minimum Gasteiger partial charge on any atom is -0.478 e. The fourth-order valence-corrected chi connectivity index (χ4v) is 2.28. The van der Waals surface area contributed by atoms with Gasteiger partial charge in [-0.05, 0) is 12.5 Å². The van der Waals surface area contributed by atoms with Gasteiger partial charge in [0.1, 0.15) is 5.01 Å². The number of aromatic nitrogens is 1. The van der Waals surface area contributed by atoms with E-state index in [9.17, 15) is 4.79 Å². The highest BCUT2D eigenvalue weighted by atomic mass is 32.1. The zero-order chi connectivity index (χ0) is 12.0. The molecule has 0 atom stereocenters. The summed E-state index contributed by atoms with van der Waals surface area (Å²) in [5, 5.41) is 9.46. The van der Waals surface area contributed by atoms with Crippen LogP contribution >= 0.6 is 11.3 Å². The molecule has 0 aliphatic heterocycles. The van der Waals surface area contributed by atoms with E-state index in [0.29, 0.717) is 6.61 Å². The highest BCUT2D eigenvalue weighted by Crippen LogP contribution is 2.22. The summed E-state index contributed by atoms with van der Waals surface area (Å²) >= 11 is 1.48. The van der Waals surface area contributed by atoms with Crippen molar-refractivity contribution in [1.29, 1.82) is 0 Å². The van der Waals surface area contributed by atoms with Gasteiger partial charge >= 0.3 is 5.97 Å². The molecule has 1 rings (SSSR count). The molecule has 0 aromatic carbocycles. The predicted molar refractivity (Wildman–Crippen MR) is 63.5 cm³/mol. The number of thiazole rings is 1. The number of ether oxygens (including phenoxy) is 1. The molecule has 4 nitrogen and oxygen atoms in total. The van der Waals surface area contributed by atoms with Crippen molar-refractivity contribution in [2.75, 3.05) is 7.11 Å². The van der Waals surface area contributed by atoms with Gasteiger partial charge in [-0.1, -0.05) is 13.3 Å². The average molecular weight is 241 g/mol. The van der Waals surface area contributed by atoms with Crippen LogP contribution in [0.3, 0.4) is 0 Å². The van der Waals surface area contributed by atoms with Crippen LogP contribution < -0.4 is 0 Å². The van der Waals surface area contributed by atoms with Crippen LogP contribution in [0.15, 0.2) is 6.08 Å². The lowest BCUT2D eigenvalue weighted by molar-refractivity contribution is -0.131. The first-order chi connectivity index (χ1) is 7.67. The Kier molecular flexibility index (Phi) is 5.14. The Morgan fingerprint density at radius 3 is 2.94 bits per heavy atom. The van der Waals surface area contributed by atoms with E-state index in [0.717, 1.165) is 34.5 Å². The second-order valence-corrected chi connectivity index (χ2v) is 4.39. The van der Waals surface area contributed by atoms with Crippen molar-refractivity contribution in [1.82, 2.24) is 4.98 Å². The molecule has 16 heavy (non-hydrogen) atoms. The molecule has 0 saturated carbocycles. The van der Waals surface area contributed by atoms with Gasteiger partial charge < -0.3 is 9.84 Å². The summed E-state index contributed by atoms with van der Waals surface area (Å²) in [6.07, 6.45) is 4.59. The second kappa shape index (κ2) is 6.40. The molecule has 5 heteroatoms. The normalized spacial score (nSPS) is 11.1. The maximum atomic E-state index is 10.4. The third-order valence-corrected chi connectivity index (χ3v) is 2.94. The summed E-state index contributed by atoms with van der Waals surface area (Å²) in [6.45, 7) is 2.54. The number of hydrogen-bond donors (Lipinski definition) is 1. The van der Waals surface area contributed by atoms with E-state index in [-0.39, 0.29) is 0 Å². The fraction of sp³-hybridized carbons (Fsp3) is 0.455. The monoisotopic (exact) mass is 241 g/mol. The number of hydrogen-bond acceptors (Lipinski definition) is 4. The first kappa shape index (κ1) is 12.9. The number of aliphatic carboxylic acids is 1. The minimum atomic E-state index is -0.941. The van der Waals surface area contributed by atoms with Gasteiger partial charge in [-0.3, -0.25) is 0 Å². The van der Waals surface area contributed by atoms with Crippen LogP contribution in [0.25, 0.3) is 6.08 Å². The van der Waals surface area contributed by atoms with E-state index in [1.807, 2.05) is 0 Å². The third-order valence-electron chi connectivity index (χ3n) is 1.90. The topological polar surface area (TPSA) is 59.4 Å². The number of carboxylic acids is 1. The lowest BCUT2D eigenvalue weighted by Gasteiger charge is -1.93. The molecule has 0 amide bonds. The summed E-state index contributed by atoms with van der Waals surface area (Å²) in [4.78, 5) is 15.8. The zero-order valence-electron chi connectivity index (χ0n) is 9.40. The van der Waals surface area contributed by atoms with Gasteiger partial charge in [0.15, 0.2) is 0 Å². The summed E-state index contributed by atoms with van der Waals surface area (Å²) in [6, 6.07) is 0. The van der Waals surface area contributed by atoms with Crippen LogP contribution in [-0.4, -0.2) is 23.2 Å². The molecule has 0 bridgehead atoms. The Balaban J connectivity index is 2.90. The average Bonchev–Trinajstić information content (AvgIpc) is 2.59. The molecule has 0 radical (unpaired) electrons. The molecule has 0 aliphatic rings. The zero-order valence-corrected chi connectivity index (χ0v) is 10.2. The Labute approximate surface area is 98.6 Å². The largest absolute Gasteiger partial charge is 0.478 e. The Morgan fingerprint density at radius 1 is 1.62 bits per heavy atom. The highest BCUT2D eigenvalue weighted by molar-refractivity contribution is 7.12. The third kappa shape index (κ3) is 3.75. The number of nitrogens with zero attached hydrogens (tertiary/aromatic N) is 1. The van der Waals surface area contributed by atoms with Crippen LogP contribution in [0.1, 0.15) is 28.9 Å². The fourth-order valence-electron chi connectivity index (χ4n) is 1.29. The van der Waals surface area contributed by atoms with Crippen molar-refractivity contribution in [2.45, 2.75) is 26.4 Å². The van der Waals surface area contributed by atoms with Crippen molar-refractivity contribution in [3.63, 3.8) is 0 Å². The number of rotatable bonds is 6. The van der Waals surface area contributed by atoms with Gasteiger partial charge in [-0.2, -0.15) is 0 Å². The number of methoxy groups -OCH3 is 1. The van der Waals surface area contributed by atoms with E-state index in [2.05, 4.69) is 11.9 Å². The molecule has 88 valence electrons. The van der Waals surface area contributed by atoms with E-state index in [1.54, 1.807) is 13.2 Å². The van der Waals surface area contributed by atoms with Crippen LogP contribution in [0, 0.1) is 0 Å². The Hall–Kier alpha value is -1.20. The van der Waals surface area contributed by atoms with Crippen molar-refractivity contribution in [3.05, 3.63) is 21.7 Å². The molecule has 0 aliphatic carbocycles. The second-order valence-electron chi connectivity index (χ2n) is 3.27. The predicted octanol–water partition coefficient (Wildman–Crippen LogP) is 2.34. The summed E-state index contributed by atoms with van der Waals surface area (Å²) < 4.78 is 5.01. The van der Waals surface area contributed by atoms with Crippen LogP contribution in [-0.2, 0) is 22.6 Å². The molecule has 1 heterocycles. The molecular weight excluding hydrogens is 226 g/mol. The first-order valence-corrected chi connectivity index (χ1v) is 5.87. The van der Waals surface area contributed by atoms with E-state index >= 15 is 0 Å². The SMILES string of the molecule is CCCc1nc(COC)sc1/C=C/C(=O)O. The van der Waals surface area contributed by atoms with Gasteiger partial charge in [0.05, 0.1) is 17.2 Å². The maximum absolute atomic E-state index is 10.4. The Bertz CT molecular complexity index is 385. The number of carboxylic acid groups (broad SMARTS) is 1. The molecule has 0 saturated heterocycles. The summed E-state index contributed by atoms with van der Waals surface area (Å²) in [7, 11) is 1.62. The quantitative estimate of drug-likeness (QED) is 0.777. The smallest absolute Gasteiger partial charge is 0.328 e. The summed E-state index contributed by atoms with van der Waals surface area (Å²) in [5.74, 6) is -0.941. The van der Waals surface area contributed by atoms with E-state index < -0.39 is 5.97 Å². The minimum absolute atomic E-state index is 0.474. The van der Waals surface area contributed by atoms with Crippen LogP contribution in [0.4, 0.5) is 0 Å². The molecule has 1 N–H and O–H groups in total. The molecule has 0 fully saturated rings. The molecule has 0 spiro atoms. The van der Waals surface area contributed by atoms with Crippen molar-refractivity contribution in [3.8, 4) is 0 Å². The van der Waals surface area contributed by atoms with Crippen molar-refractivity contribution < 1.29 is 14.6 Å². The maximum Gasteiger partial charge on any atom is 0.328 e. The number of aryl methyl sites for hydroxylation is 1. The Morgan fingerprint density at radius 2 is 2.38 bits per heavy atom. The van der Waals surface area contributed by atoms with Gasteiger partial charge in [-0.25, -0.2) is 9.78 Å². The molecule has 1 aromatic rings. The van der Waals surface area contributed by atoms with E-state index in [4.69, 9.17) is 9.84 Å². The van der Waals surface area contributed by atoms with Gasteiger partial charge in [0.2, 0.25) is 0 Å². The molecule has 0 unspecified atom stereocenters. The summed E-state index contributed by atoms with van der Waals surface area (Å²) in [5.41, 5.74) is 0.956. The first-order valence-electron chi connectivity index (χ1n) is 5.06. The number of carbonyl (C=O) groups is 1. The van der Waals surface area contributed by atoms with Gasteiger partial charge in [0, 0.05) is 13.2 Å². The van der Waals surface area contributed by atoms with Crippen molar-refractivity contribution >= 4 is 23.4 Å². The standard InChI is InChI=1S/C11H15NO3S/c1-3-4-8-9(5-6-11(13)14)16-10(12-8)7-15-2/h5-6H,3-4,7H2,1-2H3,(H,13,14)/b6-5+. The molecule has 1 aromatic heterocycles. The van der Waals surface area contributed by atoms with Crippen LogP contribution in [0.2, 0.25) is 0 Å². The lowest BCUT2D eigenvalue weighted by Crippen LogP contribution is -1.90.